The largest absolute Gasteiger partial charge is 0.462 e. The zero-order chi connectivity index (χ0) is 18.3. The number of carbonyl (C=O) groups excluding carboxylic acids is 1. The van der Waals surface area contributed by atoms with Crippen molar-refractivity contribution in [1.29, 1.82) is 0 Å². The van der Waals surface area contributed by atoms with Crippen LogP contribution in [0.1, 0.15) is 22.8 Å². The lowest BCUT2D eigenvalue weighted by atomic mass is 10.2. The number of nitrogens with one attached hydrogen (secondary N) is 1. The number of nitrogens with zero attached hydrogens (tertiary/aromatic N) is 4. The summed E-state index contributed by atoms with van der Waals surface area (Å²) in [5.74, 6) is -0.981. The van der Waals surface area contributed by atoms with Gasteiger partial charge in [0.2, 0.25) is 5.88 Å². The number of hydrogen-bond acceptors (Lipinski definition) is 6. The summed E-state index contributed by atoms with van der Waals surface area (Å²) in [5.41, 5.74) is 1.79. The third-order valence-electron chi connectivity index (χ3n) is 3.98. The maximum atomic E-state index is 14.6. The van der Waals surface area contributed by atoms with Gasteiger partial charge < -0.3 is 14.5 Å². The van der Waals surface area contributed by atoms with Gasteiger partial charge in [-0.25, -0.2) is 18.7 Å². The topological polar surface area (TPSA) is 94.4 Å². The Balaban J connectivity index is 1.81. The maximum Gasteiger partial charge on any atom is 0.340 e. The Labute approximate surface area is 146 Å². The van der Waals surface area contributed by atoms with Gasteiger partial charge in [-0.15, -0.1) is 0 Å². The lowest BCUT2D eigenvalue weighted by Crippen LogP contribution is -2.04. The molecule has 4 heterocycles. The van der Waals surface area contributed by atoms with E-state index in [4.69, 9.17) is 9.47 Å². The second-order valence-electron chi connectivity index (χ2n) is 5.53. The number of aromatic nitrogens is 5. The molecule has 4 rings (SSSR count). The Bertz CT molecular complexity index is 1130. The van der Waals surface area contributed by atoms with E-state index in [0.29, 0.717) is 27.7 Å². The minimum Gasteiger partial charge on any atom is -0.462 e. The Morgan fingerprint density at radius 3 is 3.04 bits per heavy atom. The molecule has 0 unspecified atom stereocenters. The third kappa shape index (κ3) is 2.44. The van der Waals surface area contributed by atoms with E-state index in [0.717, 1.165) is 0 Å². The third-order valence-corrected chi connectivity index (χ3v) is 3.98. The minimum atomic E-state index is -0.553. The molecular weight excluding hydrogens is 341 g/mol. The van der Waals surface area contributed by atoms with Gasteiger partial charge in [0.25, 0.3) is 0 Å². The summed E-state index contributed by atoms with van der Waals surface area (Å²) in [7, 11) is 0. The normalized spacial score (nSPS) is 11.2. The van der Waals surface area contributed by atoms with Gasteiger partial charge in [0.05, 0.1) is 23.8 Å². The van der Waals surface area contributed by atoms with Gasteiger partial charge in [0.15, 0.2) is 11.6 Å². The van der Waals surface area contributed by atoms with Gasteiger partial charge in [-0.3, -0.25) is 0 Å². The molecule has 0 spiro atoms. The van der Waals surface area contributed by atoms with Crippen LogP contribution in [0.15, 0.2) is 31.0 Å². The molecule has 0 fully saturated rings. The van der Waals surface area contributed by atoms with Crippen LogP contribution in [0.2, 0.25) is 0 Å². The van der Waals surface area contributed by atoms with E-state index in [-0.39, 0.29) is 18.2 Å². The first-order chi connectivity index (χ1) is 12.6. The summed E-state index contributed by atoms with van der Waals surface area (Å²) in [6, 6.07) is 1.57. The van der Waals surface area contributed by atoms with Crippen molar-refractivity contribution in [2.75, 3.05) is 6.61 Å². The van der Waals surface area contributed by atoms with E-state index in [1.165, 1.54) is 23.2 Å². The van der Waals surface area contributed by atoms with Crippen LogP contribution < -0.4 is 4.74 Å². The van der Waals surface area contributed by atoms with Crippen LogP contribution in [0.25, 0.3) is 16.6 Å². The zero-order valence-electron chi connectivity index (χ0n) is 14.0. The van der Waals surface area contributed by atoms with Crippen molar-refractivity contribution in [3.05, 3.63) is 47.9 Å². The lowest BCUT2D eigenvalue weighted by molar-refractivity contribution is 0.0525. The monoisotopic (exact) mass is 355 g/mol. The van der Waals surface area contributed by atoms with Gasteiger partial charge >= 0.3 is 5.97 Å². The highest BCUT2D eigenvalue weighted by atomic mass is 19.1. The zero-order valence-corrected chi connectivity index (χ0v) is 14.0. The number of aryl methyl sites for hydroxylation is 1. The molecule has 9 heteroatoms. The highest BCUT2D eigenvalue weighted by Gasteiger charge is 2.21. The first-order valence-electron chi connectivity index (χ1n) is 7.89. The van der Waals surface area contributed by atoms with Crippen molar-refractivity contribution >= 4 is 22.5 Å². The highest BCUT2D eigenvalue weighted by Crippen LogP contribution is 2.31. The molecule has 1 N–H and O–H groups in total. The fourth-order valence-corrected chi connectivity index (χ4v) is 2.75. The molecule has 132 valence electrons. The molecule has 0 radical (unpaired) electrons. The van der Waals surface area contributed by atoms with E-state index in [1.807, 2.05) is 0 Å². The average molecular weight is 355 g/mol. The quantitative estimate of drug-likeness (QED) is 0.566. The molecule has 8 nitrogen and oxygen atoms in total. The Kier molecular flexibility index (Phi) is 3.76. The molecule has 0 aliphatic heterocycles. The Morgan fingerprint density at radius 2 is 2.23 bits per heavy atom. The fourth-order valence-electron chi connectivity index (χ4n) is 2.75. The van der Waals surface area contributed by atoms with Crippen molar-refractivity contribution in [1.82, 2.24) is 24.6 Å². The van der Waals surface area contributed by atoms with Gasteiger partial charge in [-0.1, -0.05) is 0 Å². The van der Waals surface area contributed by atoms with Crippen LogP contribution in [0, 0.1) is 12.7 Å². The summed E-state index contributed by atoms with van der Waals surface area (Å²) in [4.78, 5) is 23.1. The number of fused-ring (bicyclic) bond motifs is 2. The van der Waals surface area contributed by atoms with Gasteiger partial charge in [0, 0.05) is 12.4 Å². The number of hydrogen-bond donors (Lipinski definition) is 1. The lowest BCUT2D eigenvalue weighted by Gasteiger charge is -2.08. The number of carbonyl (C=O) groups is 1. The maximum absolute atomic E-state index is 14.6. The van der Waals surface area contributed by atoms with E-state index in [1.54, 1.807) is 26.1 Å². The Morgan fingerprint density at radius 1 is 1.38 bits per heavy atom. The predicted molar refractivity (Wildman–Crippen MR) is 89.8 cm³/mol. The van der Waals surface area contributed by atoms with Crippen LogP contribution in [-0.4, -0.2) is 37.1 Å². The number of halogens is 1. The van der Waals surface area contributed by atoms with E-state index in [2.05, 4.69) is 20.1 Å². The molecule has 0 atom stereocenters. The number of pyridine rings is 1. The number of H-pyrrole nitrogens is 1. The molecule has 0 amide bonds. The highest BCUT2D eigenvalue weighted by molar-refractivity contribution is 5.94. The molecule has 0 aliphatic carbocycles. The summed E-state index contributed by atoms with van der Waals surface area (Å²) in [6.45, 7) is 3.71. The summed E-state index contributed by atoms with van der Waals surface area (Å²) < 4.78 is 26.8. The molecule has 0 aromatic carbocycles. The van der Waals surface area contributed by atoms with Crippen LogP contribution >= 0.6 is 0 Å². The van der Waals surface area contributed by atoms with Crippen molar-refractivity contribution in [3.8, 4) is 11.6 Å². The molecule has 26 heavy (non-hydrogen) atoms. The number of esters is 1. The molecule has 0 bridgehead atoms. The van der Waals surface area contributed by atoms with E-state index >= 15 is 0 Å². The number of ether oxygens (including phenoxy) is 2. The second-order valence-corrected chi connectivity index (χ2v) is 5.53. The molecule has 0 saturated heterocycles. The van der Waals surface area contributed by atoms with Crippen molar-refractivity contribution in [3.63, 3.8) is 0 Å². The Hall–Kier alpha value is -3.49. The van der Waals surface area contributed by atoms with Crippen molar-refractivity contribution in [2.45, 2.75) is 13.8 Å². The predicted octanol–water partition coefficient (Wildman–Crippen LogP) is 3.02. The van der Waals surface area contributed by atoms with E-state index in [9.17, 15) is 9.18 Å². The SMILES string of the molecule is CCOC(=O)c1cn2ncnc(Oc3cnc4[nH]ccc4c3F)c2c1C. The molecule has 0 saturated carbocycles. The standard InChI is InChI=1S/C17H14FN5O3/c1-3-25-17(24)11-7-23-14(9(11)2)16(21-8-22-23)26-12-6-20-15-10(13(12)18)4-5-19-15/h4-8H,3H2,1-2H3,(H,19,20). The summed E-state index contributed by atoms with van der Waals surface area (Å²) >= 11 is 0. The van der Waals surface area contributed by atoms with Gasteiger partial charge in [-0.2, -0.15) is 10.1 Å². The second kappa shape index (κ2) is 6.10. The molecule has 4 aromatic heterocycles. The fraction of sp³-hybridized carbons (Fsp3) is 0.176. The van der Waals surface area contributed by atoms with Crippen molar-refractivity contribution in [2.24, 2.45) is 0 Å². The number of aromatic amines is 1. The first kappa shape index (κ1) is 16.0. The van der Waals surface area contributed by atoms with E-state index < -0.39 is 11.8 Å². The number of rotatable bonds is 4. The molecule has 4 aromatic rings. The molecule has 0 aliphatic rings. The van der Waals surface area contributed by atoms with Crippen LogP contribution in [0.5, 0.6) is 11.6 Å². The van der Waals surface area contributed by atoms with Gasteiger partial charge in [-0.05, 0) is 25.5 Å². The van der Waals surface area contributed by atoms with Crippen molar-refractivity contribution < 1.29 is 18.7 Å². The summed E-state index contributed by atoms with van der Waals surface area (Å²) in [5, 5.41) is 4.39. The summed E-state index contributed by atoms with van der Waals surface area (Å²) in [6.07, 6.45) is 5.66. The van der Waals surface area contributed by atoms with Crippen LogP contribution in [0.4, 0.5) is 4.39 Å². The first-order valence-corrected chi connectivity index (χ1v) is 7.89. The van der Waals surface area contributed by atoms with Gasteiger partial charge in [0.1, 0.15) is 17.5 Å². The van der Waals surface area contributed by atoms with Crippen LogP contribution in [0.3, 0.4) is 0 Å². The van der Waals surface area contributed by atoms with Crippen LogP contribution in [-0.2, 0) is 4.74 Å². The average Bonchev–Trinajstić information content (AvgIpc) is 3.23. The molecular formula is C17H14FN5O3. The smallest absolute Gasteiger partial charge is 0.340 e. The minimum absolute atomic E-state index is 0.0732.